The smallest absolute Gasteiger partial charge is 0.335 e. The third-order valence-electron chi connectivity index (χ3n) is 2.20. The Morgan fingerprint density at radius 3 is 1.81 bits per heavy atom. The highest BCUT2D eigenvalue weighted by atomic mass is 16.4. The highest BCUT2D eigenvalue weighted by molar-refractivity contribution is 6.03. The Labute approximate surface area is 90.8 Å². The molecule has 0 aliphatic heterocycles. The van der Waals surface area contributed by atoms with E-state index in [1.165, 1.54) is 0 Å². The quantitative estimate of drug-likeness (QED) is 0.325. The normalized spacial score (nSPS) is 13.1. The number of rotatable bonds is 7. The number of aliphatic carboxylic acids is 3. The molecule has 0 aromatic carbocycles. The van der Waals surface area contributed by atoms with Crippen LogP contribution < -0.4 is 11.5 Å². The van der Waals surface area contributed by atoms with Crippen molar-refractivity contribution >= 4 is 17.9 Å². The van der Waals surface area contributed by atoms with Gasteiger partial charge < -0.3 is 26.8 Å². The molecular formula is C8H14N2O6. The molecule has 1 atom stereocenters. The summed E-state index contributed by atoms with van der Waals surface area (Å²) in [5.74, 6) is -6.06. The minimum atomic E-state index is -2.60. The summed E-state index contributed by atoms with van der Waals surface area (Å²) in [6.45, 7) is 0.00623. The van der Waals surface area contributed by atoms with Crippen molar-refractivity contribution in [2.75, 3.05) is 6.54 Å². The van der Waals surface area contributed by atoms with Crippen LogP contribution in [-0.2, 0) is 14.4 Å². The number of hydrogen-bond donors (Lipinski definition) is 5. The minimum absolute atomic E-state index is 0.00623. The summed E-state index contributed by atoms with van der Waals surface area (Å²) in [4.78, 5) is 32.1. The summed E-state index contributed by atoms with van der Waals surface area (Å²) in [5.41, 5.74) is 7.69. The van der Waals surface area contributed by atoms with Gasteiger partial charge in [-0.15, -0.1) is 0 Å². The van der Waals surface area contributed by atoms with Crippen LogP contribution in [0.15, 0.2) is 0 Å². The van der Waals surface area contributed by atoms with Crippen LogP contribution in [0.25, 0.3) is 0 Å². The molecule has 0 amide bonds. The maximum absolute atomic E-state index is 10.7. The lowest BCUT2D eigenvalue weighted by Gasteiger charge is -2.23. The summed E-state index contributed by atoms with van der Waals surface area (Å²) in [6.07, 6.45) is -0.737. The van der Waals surface area contributed by atoms with E-state index in [1.54, 1.807) is 0 Å². The van der Waals surface area contributed by atoms with Crippen LogP contribution in [0.4, 0.5) is 0 Å². The second-order valence-corrected chi connectivity index (χ2v) is 3.40. The van der Waals surface area contributed by atoms with Gasteiger partial charge in [0.05, 0.1) is 5.92 Å². The van der Waals surface area contributed by atoms with Gasteiger partial charge in [-0.1, -0.05) is 0 Å². The topological polar surface area (TPSA) is 164 Å². The SMILES string of the molecule is NCCC(CC(N)(C(=O)O)C(=O)O)C(=O)O. The summed E-state index contributed by atoms with van der Waals surface area (Å²) in [7, 11) is 0. The monoisotopic (exact) mass is 234 g/mol. The Hall–Kier alpha value is -1.67. The maximum atomic E-state index is 10.7. The first-order chi connectivity index (χ1) is 7.25. The van der Waals surface area contributed by atoms with Crippen molar-refractivity contribution in [1.82, 2.24) is 0 Å². The molecule has 0 fully saturated rings. The van der Waals surface area contributed by atoms with E-state index in [-0.39, 0.29) is 13.0 Å². The van der Waals surface area contributed by atoms with Crippen molar-refractivity contribution in [3.05, 3.63) is 0 Å². The summed E-state index contributed by atoms with van der Waals surface area (Å²) < 4.78 is 0. The number of carboxylic acids is 3. The van der Waals surface area contributed by atoms with Gasteiger partial charge in [-0.2, -0.15) is 0 Å². The summed E-state index contributed by atoms with van der Waals surface area (Å²) in [5, 5.41) is 26.1. The molecule has 92 valence electrons. The Balaban J connectivity index is 4.92. The van der Waals surface area contributed by atoms with Crippen molar-refractivity contribution in [3.8, 4) is 0 Å². The van der Waals surface area contributed by atoms with Gasteiger partial charge in [0.25, 0.3) is 0 Å². The molecule has 0 heterocycles. The van der Waals surface area contributed by atoms with Crippen LogP contribution in [0, 0.1) is 5.92 Å². The van der Waals surface area contributed by atoms with E-state index >= 15 is 0 Å². The third kappa shape index (κ3) is 3.17. The van der Waals surface area contributed by atoms with Crippen LogP contribution in [-0.4, -0.2) is 45.3 Å². The number of carboxylic acid groups (broad SMARTS) is 3. The molecule has 0 rings (SSSR count). The molecule has 0 saturated carbocycles. The van der Waals surface area contributed by atoms with Gasteiger partial charge in [0, 0.05) is 6.42 Å². The van der Waals surface area contributed by atoms with E-state index in [1.807, 2.05) is 0 Å². The highest BCUT2D eigenvalue weighted by Gasteiger charge is 2.45. The zero-order valence-corrected chi connectivity index (χ0v) is 8.42. The van der Waals surface area contributed by atoms with E-state index < -0.39 is 35.8 Å². The molecule has 8 nitrogen and oxygen atoms in total. The standard InChI is InChI=1S/C8H14N2O6/c9-2-1-4(5(11)12)3-8(10,6(13)14)7(15)16/h4H,1-3,9-10H2,(H,11,12)(H,13,14)(H,15,16). The molecule has 7 N–H and O–H groups in total. The molecule has 0 radical (unpaired) electrons. The third-order valence-corrected chi connectivity index (χ3v) is 2.20. The van der Waals surface area contributed by atoms with Crippen LogP contribution >= 0.6 is 0 Å². The highest BCUT2D eigenvalue weighted by Crippen LogP contribution is 2.18. The molecule has 0 aliphatic carbocycles. The zero-order chi connectivity index (χ0) is 12.9. The van der Waals surface area contributed by atoms with Crippen molar-refractivity contribution in [3.63, 3.8) is 0 Å². The van der Waals surface area contributed by atoms with Crippen LogP contribution in [0.3, 0.4) is 0 Å². The van der Waals surface area contributed by atoms with Crippen LogP contribution in [0.1, 0.15) is 12.8 Å². The van der Waals surface area contributed by atoms with E-state index in [0.29, 0.717) is 0 Å². The summed E-state index contributed by atoms with van der Waals surface area (Å²) in [6, 6.07) is 0. The molecular weight excluding hydrogens is 220 g/mol. The first kappa shape index (κ1) is 14.3. The fourth-order valence-electron chi connectivity index (χ4n) is 1.17. The average molecular weight is 234 g/mol. The molecule has 16 heavy (non-hydrogen) atoms. The predicted molar refractivity (Wildman–Crippen MR) is 51.6 cm³/mol. The lowest BCUT2D eigenvalue weighted by molar-refractivity contribution is -0.158. The molecule has 0 saturated heterocycles. The number of hydrogen-bond acceptors (Lipinski definition) is 5. The fourth-order valence-corrected chi connectivity index (χ4v) is 1.17. The first-order valence-corrected chi connectivity index (χ1v) is 4.44. The van der Waals surface area contributed by atoms with Gasteiger partial charge in [0.15, 0.2) is 0 Å². The van der Waals surface area contributed by atoms with Gasteiger partial charge >= 0.3 is 17.9 Å². The average Bonchev–Trinajstić information content (AvgIpc) is 2.15. The molecule has 0 aliphatic rings. The Bertz CT molecular complexity index is 289. The summed E-state index contributed by atoms with van der Waals surface area (Å²) >= 11 is 0. The Morgan fingerprint density at radius 2 is 1.56 bits per heavy atom. The number of carbonyl (C=O) groups is 3. The van der Waals surface area contributed by atoms with Crippen molar-refractivity contribution < 1.29 is 29.7 Å². The van der Waals surface area contributed by atoms with Gasteiger partial charge in [0.1, 0.15) is 0 Å². The minimum Gasteiger partial charge on any atom is -0.481 e. The van der Waals surface area contributed by atoms with E-state index in [0.717, 1.165) is 0 Å². The first-order valence-electron chi connectivity index (χ1n) is 4.44. The molecule has 0 aromatic rings. The zero-order valence-electron chi connectivity index (χ0n) is 8.42. The maximum Gasteiger partial charge on any atom is 0.335 e. The molecule has 8 heteroatoms. The number of nitrogens with two attached hydrogens (primary N) is 2. The second kappa shape index (κ2) is 5.42. The van der Waals surface area contributed by atoms with Crippen molar-refractivity contribution in [1.29, 1.82) is 0 Å². The Morgan fingerprint density at radius 1 is 1.12 bits per heavy atom. The van der Waals surface area contributed by atoms with Gasteiger partial charge in [-0.05, 0) is 13.0 Å². The molecule has 1 unspecified atom stereocenters. The molecule has 0 bridgehead atoms. The lowest BCUT2D eigenvalue weighted by atomic mass is 9.86. The molecule has 0 spiro atoms. The van der Waals surface area contributed by atoms with Crippen molar-refractivity contribution in [2.45, 2.75) is 18.4 Å². The largest absolute Gasteiger partial charge is 0.481 e. The van der Waals surface area contributed by atoms with E-state index in [4.69, 9.17) is 26.8 Å². The van der Waals surface area contributed by atoms with Gasteiger partial charge in [0.2, 0.25) is 5.54 Å². The lowest BCUT2D eigenvalue weighted by Crippen LogP contribution is -2.56. The second-order valence-electron chi connectivity index (χ2n) is 3.40. The fraction of sp³-hybridized carbons (Fsp3) is 0.625. The van der Waals surface area contributed by atoms with Gasteiger partial charge in [-0.3, -0.25) is 4.79 Å². The van der Waals surface area contributed by atoms with Crippen LogP contribution in [0.2, 0.25) is 0 Å². The van der Waals surface area contributed by atoms with Crippen LogP contribution in [0.5, 0.6) is 0 Å². The predicted octanol–water partition coefficient (Wildman–Crippen LogP) is -1.71. The van der Waals surface area contributed by atoms with E-state index in [2.05, 4.69) is 0 Å². The van der Waals surface area contributed by atoms with E-state index in [9.17, 15) is 14.4 Å². The Kier molecular flexibility index (Phi) is 4.86. The van der Waals surface area contributed by atoms with Crippen molar-refractivity contribution in [2.24, 2.45) is 17.4 Å². The van der Waals surface area contributed by atoms with Gasteiger partial charge in [-0.25, -0.2) is 9.59 Å². The molecule has 0 aromatic heterocycles.